The SMILES string of the molecule is CCC(c1ccccc1O)N1CCC2C(CCCN2C)C1. The van der Waals surface area contributed by atoms with Gasteiger partial charge in [0.25, 0.3) is 0 Å². The lowest BCUT2D eigenvalue weighted by Gasteiger charge is -2.48. The maximum atomic E-state index is 10.2. The molecule has 3 unspecified atom stereocenters. The zero-order valence-electron chi connectivity index (χ0n) is 13.3. The van der Waals surface area contributed by atoms with Crippen LogP contribution in [0.4, 0.5) is 0 Å². The fraction of sp³-hybridized carbons (Fsp3) is 0.667. The molecule has 0 bridgehead atoms. The summed E-state index contributed by atoms with van der Waals surface area (Å²) in [5.41, 5.74) is 1.10. The summed E-state index contributed by atoms with van der Waals surface area (Å²) in [5, 5.41) is 10.2. The van der Waals surface area contributed by atoms with Gasteiger partial charge in [0.1, 0.15) is 5.75 Å². The van der Waals surface area contributed by atoms with Crippen LogP contribution in [0.3, 0.4) is 0 Å². The monoisotopic (exact) mass is 288 g/mol. The average Bonchev–Trinajstić information content (AvgIpc) is 2.50. The zero-order valence-corrected chi connectivity index (χ0v) is 13.3. The van der Waals surface area contributed by atoms with E-state index in [9.17, 15) is 5.11 Å². The smallest absolute Gasteiger partial charge is 0.120 e. The Balaban J connectivity index is 1.75. The third-order valence-corrected chi connectivity index (χ3v) is 5.50. The molecule has 0 aliphatic carbocycles. The topological polar surface area (TPSA) is 26.7 Å². The summed E-state index contributed by atoms with van der Waals surface area (Å²) in [6.45, 7) is 5.83. The van der Waals surface area contributed by atoms with Crippen LogP contribution in [0.25, 0.3) is 0 Å². The number of benzene rings is 1. The Morgan fingerprint density at radius 3 is 2.81 bits per heavy atom. The third kappa shape index (κ3) is 2.95. The normalized spacial score (nSPS) is 29.0. The van der Waals surface area contributed by atoms with Crippen molar-refractivity contribution in [1.29, 1.82) is 0 Å². The summed E-state index contributed by atoms with van der Waals surface area (Å²) >= 11 is 0. The highest BCUT2D eigenvalue weighted by molar-refractivity contribution is 5.34. The van der Waals surface area contributed by atoms with Gasteiger partial charge < -0.3 is 10.0 Å². The van der Waals surface area contributed by atoms with Gasteiger partial charge >= 0.3 is 0 Å². The molecule has 0 spiro atoms. The molecule has 3 heteroatoms. The first-order valence-electron chi connectivity index (χ1n) is 8.43. The van der Waals surface area contributed by atoms with E-state index < -0.39 is 0 Å². The Kier molecular flexibility index (Phi) is 4.51. The van der Waals surface area contributed by atoms with Crippen LogP contribution in [-0.2, 0) is 0 Å². The standard InChI is InChI=1S/C18H28N2O/c1-3-16(15-8-4-5-9-18(15)21)20-12-10-17-14(13-20)7-6-11-19(17)2/h4-5,8-9,14,16-17,21H,3,6-7,10-13H2,1-2H3. The van der Waals surface area contributed by atoms with Crippen LogP contribution < -0.4 is 0 Å². The molecule has 1 aromatic rings. The molecule has 2 heterocycles. The van der Waals surface area contributed by atoms with Gasteiger partial charge in [-0.3, -0.25) is 4.90 Å². The van der Waals surface area contributed by atoms with E-state index in [1.807, 2.05) is 18.2 Å². The van der Waals surface area contributed by atoms with Crippen LogP contribution in [0.15, 0.2) is 24.3 Å². The third-order valence-electron chi connectivity index (χ3n) is 5.50. The fourth-order valence-corrected chi connectivity index (χ4v) is 4.41. The van der Waals surface area contributed by atoms with Crippen molar-refractivity contribution in [2.24, 2.45) is 5.92 Å². The number of likely N-dealkylation sites (tertiary alicyclic amines) is 2. The molecule has 116 valence electrons. The Bertz CT molecular complexity index is 476. The Labute approximate surface area is 128 Å². The van der Waals surface area contributed by atoms with E-state index in [4.69, 9.17) is 0 Å². The van der Waals surface area contributed by atoms with E-state index >= 15 is 0 Å². The highest BCUT2D eigenvalue weighted by atomic mass is 16.3. The quantitative estimate of drug-likeness (QED) is 0.925. The number of aromatic hydroxyl groups is 1. The highest BCUT2D eigenvalue weighted by Crippen LogP contribution is 2.37. The number of phenols is 1. The minimum atomic E-state index is 0.361. The molecule has 21 heavy (non-hydrogen) atoms. The number of hydrogen-bond acceptors (Lipinski definition) is 3. The molecule has 2 saturated heterocycles. The number of nitrogens with zero attached hydrogens (tertiary/aromatic N) is 2. The molecular formula is C18H28N2O. The van der Waals surface area contributed by atoms with Crippen molar-refractivity contribution in [3.8, 4) is 5.75 Å². The van der Waals surface area contributed by atoms with E-state index in [1.54, 1.807) is 0 Å². The van der Waals surface area contributed by atoms with Gasteiger partial charge in [-0.25, -0.2) is 0 Å². The average molecular weight is 288 g/mol. The molecule has 1 N–H and O–H groups in total. The summed E-state index contributed by atoms with van der Waals surface area (Å²) in [4.78, 5) is 5.17. The predicted molar refractivity (Wildman–Crippen MR) is 86.5 cm³/mol. The number of phenolic OH excluding ortho intramolecular Hbond substituents is 1. The van der Waals surface area contributed by atoms with E-state index in [1.165, 1.54) is 32.4 Å². The molecule has 2 aliphatic rings. The van der Waals surface area contributed by atoms with Crippen LogP contribution >= 0.6 is 0 Å². The minimum Gasteiger partial charge on any atom is -0.508 e. The first-order chi connectivity index (χ1) is 10.2. The fourth-order valence-electron chi connectivity index (χ4n) is 4.41. The van der Waals surface area contributed by atoms with Gasteiger partial charge in [-0.2, -0.15) is 0 Å². The molecule has 3 rings (SSSR count). The first kappa shape index (κ1) is 14.9. The summed E-state index contributed by atoms with van der Waals surface area (Å²) < 4.78 is 0. The number of piperidine rings is 2. The molecule has 0 aromatic heterocycles. The van der Waals surface area contributed by atoms with Crippen molar-refractivity contribution < 1.29 is 5.11 Å². The second-order valence-electron chi connectivity index (χ2n) is 6.72. The van der Waals surface area contributed by atoms with Gasteiger partial charge in [0.2, 0.25) is 0 Å². The van der Waals surface area contributed by atoms with E-state index in [0.29, 0.717) is 11.8 Å². The maximum Gasteiger partial charge on any atom is 0.120 e. The van der Waals surface area contributed by atoms with Gasteiger partial charge in [0.15, 0.2) is 0 Å². The lowest BCUT2D eigenvalue weighted by molar-refractivity contribution is 0.0183. The predicted octanol–water partition coefficient (Wildman–Crippen LogP) is 3.26. The second kappa shape index (κ2) is 6.37. The van der Waals surface area contributed by atoms with Crippen molar-refractivity contribution in [3.05, 3.63) is 29.8 Å². The van der Waals surface area contributed by atoms with Crippen LogP contribution in [0, 0.1) is 5.92 Å². The maximum absolute atomic E-state index is 10.2. The largest absolute Gasteiger partial charge is 0.508 e. The molecule has 3 atom stereocenters. The van der Waals surface area contributed by atoms with Gasteiger partial charge in [0, 0.05) is 30.7 Å². The molecule has 2 fully saturated rings. The number of para-hydroxylation sites is 1. The van der Waals surface area contributed by atoms with Crippen LogP contribution in [0.5, 0.6) is 5.75 Å². The van der Waals surface area contributed by atoms with Crippen molar-refractivity contribution in [1.82, 2.24) is 9.80 Å². The van der Waals surface area contributed by atoms with Gasteiger partial charge in [-0.15, -0.1) is 0 Å². The van der Waals surface area contributed by atoms with Gasteiger partial charge in [-0.1, -0.05) is 25.1 Å². The minimum absolute atomic E-state index is 0.361. The number of fused-ring (bicyclic) bond motifs is 1. The van der Waals surface area contributed by atoms with E-state index in [2.05, 4.69) is 29.8 Å². The summed E-state index contributed by atoms with van der Waals surface area (Å²) in [5.74, 6) is 1.25. The zero-order chi connectivity index (χ0) is 14.8. The highest BCUT2D eigenvalue weighted by Gasteiger charge is 2.36. The van der Waals surface area contributed by atoms with Crippen molar-refractivity contribution >= 4 is 0 Å². The summed E-state index contributed by atoms with van der Waals surface area (Å²) in [7, 11) is 2.28. The molecule has 0 saturated carbocycles. The van der Waals surface area contributed by atoms with Crippen LogP contribution in [0.1, 0.15) is 44.2 Å². The molecule has 1 aromatic carbocycles. The molecule has 2 aliphatic heterocycles. The number of rotatable bonds is 3. The van der Waals surface area contributed by atoms with E-state index in [-0.39, 0.29) is 0 Å². The van der Waals surface area contributed by atoms with E-state index in [0.717, 1.165) is 30.5 Å². The van der Waals surface area contributed by atoms with Gasteiger partial charge in [-0.05, 0) is 51.3 Å². The first-order valence-corrected chi connectivity index (χ1v) is 8.43. The summed E-state index contributed by atoms with van der Waals surface area (Å²) in [6, 6.07) is 8.99. The Hall–Kier alpha value is -1.06. The van der Waals surface area contributed by atoms with Crippen LogP contribution in [0.2, 0.25) is 0 Å². The summed E-state index contributed by atoms with van der Waals surface area (Å²) in [6.07, 6.45) is 5.03. The van der Waals surface area contributed by atoms with Crippen LogP contribution in [-0.4, -0.2) is 47.6 Å². The Morgan fingerprint density at radius 1 is 1.24 bits per heavy atom. The van der Waals surface area contributed by atoms with Crippen molar-refractivity contribution in [3.63, 3.8) is 0 Å². The lowest BCUT2D eigenvalue weighted by Crippen LogP contribution is -2.53. The van der Waals surface area contributed by atoms with Gasteiger partial charge in [0.05, 0.1) is 0 Å². The molecule has 0 radical (unpaired) electrons. The second-order valence-corrected chi connectivity index (χ2v) is 6.72. The lowest BCUT2D eigenvalue weighted by atomic mass is 9.83. The molecule has 0 amide bonds. The molecular weight excluding hydrogens is 260 g/mol. The number of hydrogen-bond donors (Lipinski definition) is 1. The van der Waals surface area contributed by atoms with Crippen molar-refractivity contribution in [2.75, 3.05) is 26.7 Å². The Morgan fingerprint density at radius 2 is 2.05 bits per heavy atom. The molecule has 3 nitrogen and oxygen atoms in total. The van der Waals surface area contributed by atoms with Crippen molar-refractivity contribution in [2.45, 2.75) is 44.7 Å².